The van der Waals surface area contributed by atoms with Crippen LogP contribution in [0, 0.1) is 3.57 Å². The third kappa shape index (κ3) is 6.06. The fourth-order valence-corrected chi connectivity index (χ4v) is 5.08. The molecule has 200 valence electrons. The quantitative estimate of drug-likeness (QED) is 0.0588. The third-order valence-corrected chi connectivity index (χ3v) is 7.51. The number of hydrogen-bond acceptors (Lipinski definition) is 5. The zero-order chi connectivity index (χ0) is 28.2. The first-order chi connectivity index (χ1) is 19.3. The first-order valence-corrected chi connectivity index (χ1v) is 14.1. The number of H-pyrrole nitrogens is 1. The van der Waals surface area contributed by atoms with Crippen molar-refractivity contribution in [3.05, 3.63) is 115 Å². The van der Waals surface area contributed by atoms with Crippen LogP contribution in [0.1, 0.15) is 26.4 Å². The maximum Gasteiger partial charge on any atom is 0.343 e. The van der Waals surface area contributed by atoms with Gasteiger partial charge >= 0.3 is 5.97 Å². The average molecular weight is 729 g/mol. The molecule has 1 amide bonds. The number of nitrogens with zero attached hydrogens (tertiary/aromatic N) is 1. The van der Waals surface area contributed by atoms with Gasteiger partial charge in [-0.05, 0) is 94.9 Å². The first-order valence-electron chi connectivity index (χ1n) is 11.9. The zero-order valence-corrected chi connectivity index (χ0v) is 25.4. The molecular formula is C30H20BrClIN3O4. The monoisotopic (exact) mass is 727 g/mol. The van der Waals surface area contributed by atoms with Crippen LogP contribution in [0.5, 0.6) is 11.5 Å². The number of aromatic nitrogens is 1. The molecule has 0 spiro atoms. The topological polar surface area (TPSA) is 92.8 Å². The Bertz CT molecular complexity index is 1770. The van der Waals surface area contributed by atoms with Crippen molar-refractivity contribution in [3.8, 4) is 22.6 Å². The van der Waals surface area contributed by atoms with Crippen molar-refractivity contribution in [2.45, 2.75) is 0 Å². The Morgan fingerprint density at radius 2 is 1.77 bits per heavy atom. The number of fused-ring (bicyclic) bond motifs is 1. The van der Waals surface area contributed by atoms with E-state index in [-0.39, 0.29) is 5.75 Å². The van der Waals surface area contributed by atoms with E-state index in [0.29, 0.717) is 33.2 Å². The summed E-state index contributed by atoms with van der Waals surface area (Å²) < 4.78 is 12.8. The molecule has 0 aliphatic rings. The minimum atomic E-state index is -0.512. The van der Waals surface area contributed by atoms with Crippen molar-refractivity contribution in [1.29, 1.82) is 0 Å². The smallest absolute Gasteiger partial charge is 0.343 e. The molecule has 0 saturated carbocycles. The highest BCUT2D eigenvalue weighted by Gasteiger charge is 2.21. The van der Waals surface area contributed by atoms with Crippen LogP contribution in [0.3, 0.4) is 0 Å². The standard InChI is InChI=1S/C30H20BrClIN3O4/c1-39-26-14-17(6-13-25(26)40-30(38)18-7-9-19(31)10-8-18)16-34-36-29(37)28-27(21-4-2-3-5-23(21)32)22-15-20(33)11-12-24(22)35-28/h2-16,35H,1H3,(H,36,37). The Morgan fingerprint density at radius 3 is 2.52 bits per heavy atom. The van der Waals surface area contributed by atoms with Gasteiger partial charge in [0.2, 0.25) is 0 Å². The number of carbonyl (C=O) groups is 2. The number of carbonyl (C=O) groups excluding carboxylic acids is 2. The number of benzene rings is 4. The molecule has 0 radical (unpaired) electrons. The Hall–Kier alpha value is -3.67. The SMILES string of the molecule is COc1cc(C=NNC(=O)c2[nH]c3ccc(I)cc3c2-c2ccccc2Cl)ccc1OC(=O)c1ccc(Br)cc1. The van der Waals surface area contributed by atoms with Gasteiger partial charge in [-0.25, -0.2) is 10.2 Å². The number of rotatable bonds is 7. The Labute approximate surface area is 256 Å². The molecule has 5 aromatic rings. The molecule has 5 rings (SSSR count). The second kappa shape index (κ2) is 12.2. The lowest BCUT2D eigenvalue weighted by atomic mass is 10.0. The predicted molar refractivity (Wildman–Crippen MR) is 169 cm³/mol. The van der Waals surface area contributed by atoms with Gasteiger partial charge in [0, 0.05) is 35.1 Å². The molecular weight excluding hydrogens is 709 g/mol. The summed E-state index contributed by atoms with van der Waals surface area (Å²) in [5.74, 6) is -0.341. The second-order valence-corrected chi connectivity index (χ2v) is 11.1. The van der Waals surface area contributed by atoms with E-state index in [9.17, 15) is 9.59 Å². The van der Waals surface area contributed by atoms with Gasteiger partial charge < -0.3 is 14.5 Å². The van der Waals surface area contributed by atoms with Crippen molar-refractivity contribution < 1.29 is 19.1 Å². The molecule has 0 aliphatic heterocycles. The van der Waals surface area contributed by atoms with Gasteiger partial charge in [0.1, 0.15) is 5.69 Å². The predicted octanol–water partition coefficient (Wildman–Crippen LogP) is 7.85. The van der Waals surface area contributed by atoms with Gasteiger partial charge in [0.05, 0.1) is 18.9 Å². The van der Waals surface area contributed by atoms with Crippen molar-refractivity contribution in [2.75, 3.05) is 7.11 Å². The van der Waals surface area contributed by atoms with Gasteiger partial charge in [-0.1, -0.05) is 45.7 Å². The van der Waals surface area contributed by atoms with Gasteiger partial charge in [0.15, 0.2) is 11.5 Å². The van der Waals surface area contributed by atoms with Crippen molar-refractivity contribution in [3.63, 3.8) is 0 Å². The maximum atomic E-state index is 13.3. The zero-order valence-electron chi connectivity index (χ0n) is 20.9. The third-order valence-electron chi connectivity index (χ3n) is 5.98. The highest BCUT2D eigenvalue weighted by molar-refractivity contribution is 14.1. The van der Waals surface area contributed by atoms with Crippen LogP contribution in [-0.4, -0.2) is 30.2 Å². The van der Waals surface area contributed by atoms with Crippen molar-refractivity contribution >= 4 is 79.1 Å². The lowest BCUT2D eigenvalue weighted by molar-refractivity contribution is 0.0729. The van der Waals surface area contributed by atoms with E-state index in [1.807, 2.05) is 36.4 Å². The molecule has 0 unspecified atom stereocenters. The summed E-state index contributed by atoms with van der Waals surface area (Å²) in [5.41, 5.74) is 6.20. The number of esters is 1. The van der Waals surface area contributed by atoms with E-state index in [1.165, 1.54) is 13.3 Å². The molecule has 0 atom stereocenters. The largest absolute Gasteiger partial charge is 0.493 e. The van der Waals surface area contributed by atoms with Gasteiger partial charge in [-0.2, -0.15) is 5.10 Å². The molecule has 1 aromatic heterocycles. The summed E-state index contributed by atoms with van der Waals surface area (Å²) in [4.78, 5) is 29.0. The van der Waals surface area contributed by atoms with Gasteiger partial charge in [-0.3, -0.25) is 4.79 Å². The van der Waals surface area contributed by atoms with Crippen LogP contribution in [0.15, 0.2) is 94.5 Å². The van der Waals surface area contributed by atoms with E-state index < -0.39 is 11.9 Å². The lowest BCUT2D eigenvalue weighted by Crippen LogP contribution is -2.19. The van der Waals surface area contributed by atoms with Crippen LogP contribution in [0.4, 0.5) is 0 Å². The average Bonchev–Trinajstić information content (AvgIpc) is 3.32. The maximum absolute atomic E-state index is 13.3. The normalized spacial score (nSPS) is 11.1. The fourth-order valence-electron chi connectivity index (χ4n) is 4.09. The number of methoxy groups -OCH3 is 1. The molecule has 0 saturated heterocycles. The molecule has 0 aliphatic carbocycles. The van der Waals surface area contributed by atoms with Crippen molar-refractivity contribution in [2.24, 2.45) is 5.10 Å². The minimum absolute atomic E-state index is 0.258. The summed E-state index contributed by atoms with van der Waals surface area (Å²) in [6, 6.07) is 25.1. The van der Waals surface area contributed by atoms with Crippen LogP contribution >= 0.6 is 50.1 Å². The van der Waals surface area contributed by atoms with Gasteiger partial charge in [-0.15, -0.1) is 0 Å². The highest BCUT2D eigenvalue weighted by atomic mass is 127. The Kier molecular flexibility index (Phi) is 8.53. The van der Waals surface area contributed by atoms with Crippen LogP contribution in [-0.2, 0) is 0 Å². The minimum Gasteiger partial charge on any atom is -0.493 e. The molecule has 1 heterocycles. The molecule has 0 bridgehead atoms. The molecule has 0 fully saturated rings. The van der Waals surface area contributed by atoms with E-state index in [2.05, 4.69) is 54.0 Å². The molecule has 10 heteroatoms. The molecule has 7 nitrogen and oxygen atoms in total. The first kappa shape index (κ1) is 27.9. The summed E-state index contributed by atoms with van der Waals surface area (Å²) in [6.07, 6.45) is 1.47. The summed E-state index contributed by atoms with van der Waals surface area (Å²) in [7, 11) is 1.47. The highest BCUT2D eigenvalue weighted by Crippen LogP contribution is 2.37. The van der Waals surface area contributed by atoms with Crippen LogP contribution < -0.4 is 14.9 Å². The second-order valence-electron chi connectivity index (χ2n) is 8.55. The molecule has 40 heavy (non-hydrogen) atoms. The summed E-state index contributed by atoms with van der Waals surface area (Å²) in [6.45, 7) is 0. The molecule has 2 N–H and O–H groups in total. The number of aromatic amines is 1. The van der Waals surface area contributed by atoms with E-state index in [4.69, 9.17) is 21.1 Å². The number of hydrazone groups is 1. The Morgan fingerprint density at radius 1 is 1.00 bits per heavy atom. The molecule has 4 aromatic carbocycles. The van der Waals surface area contributed by atoms with Crippen LogP contribution in [0.2, 0.25) is 5.02 Å². The number of ether oxygens (including phenoxy) is 2. The Balaban J connectivity index is 1.36. The van der Waals surface area contributed by atoms with Gasteiger partial charge in [0.25, 0.3) is 5.91 Å². The van der Waals surface area contributed by atoms with Crippen molar-refractivity contribution in [1.82, 2.24) is 10.4 Å². The van der Waals surface area contributed by atoms with Crippen LogP contribution in [0.25, 0.3) is 22.0 Å². The summed E-state index contributed by atoms with van der Waals surface area (Å²) >= 11 is 12.1. The lowest BCUT2D eigenvalue weighted by Gasteiger charge is -2.10. The van der Waals surface area contributed by atoms with E-state index >= 15 is 0 Å². The van der Waals surface area contributed by atoms with E-state index in [1.54, 1.807) is 48.5 Å². The van der Waals surface area contributed by atoms with E-state index in [0.717, 1.165) is 24.5 Å². The number of nitrogens with one attached hydrogen (secondary N) is 2. The number of hydrogen-bond donors (Lipinski definition) is 2. The summed E-state index contributed by atoms with van der Waals surface area (Å²) in [5, 5.41) is 5.55. The fraction of sp³-hybridized carbons (Fsp3) is 0.0333. The number of halogens is 3. The number of amides is 1.